The number of anilines is 1. The van der Waals surface area contributed by atoms with Gasteiger partial charge in [0.1, 0.15) is 5.75 Å². The Balaban J connectivity index is 1.69. The van der Waals surface area contributed by atoms with Crippen molar-refractivity contribution < 1.29 is 9.53 Å². The molecule has 0 aliphatic carbocycles. The summed E-state index contributed by atoms with van der Waals surface area (Å²) in [6, 6.07) is 24.1. The Hall–Kier alpha value is -4.13. The fraction of sp³-hybridized carbons (Fsp3) is 0.0455. The zero-order valence-electron chi connectivity index (χ0n) is 14.8. The van der Waals surface area contributed by atoms with Crippen molar-refractivity contribution in [1.29, 1.82) is 10.5 Å². The molecular formula is C22H16N4O2. The molecule has 0 spiro atoms. The third-order valence-corrected chi connectivity index (χ3v) is 4.00. The molecule has 6 nitrogen and oxygen atoms in total. The van der Waals surface area contributed by atoms with E-state index in [9.17, 15) is 4.79 Å². The third kappa shape index (κ3) is 4.53. The van der Waals surface area contributed by atoms with Crippen LogP contribution in [0.15, 0.2) is 72.8 Å². The summed E-state index contributed by atoms with van der Waals surface area (Å²) in [4.78, 5) is 12.5. The number of carbonyl (C=O) groups excluding carboxylic acids is 1. The third-order valence-electron chi connectivity index (χ3n) is 4.00. The Labute approximate surface area is 162 Å². The Bertz CT molecular complexity index is 1060. The summed E-state index contributed by atoms with van der Waals surface area (Å²) >= 11 is 0. The molecule has 0 fully saturated rings. The second-order valence-electron chi connectivity index (χ2n) is 5.94. The molecule has 28 heavy (non-hydrogen) atoms. The number of amides is 1. The number of nitrogens with one attached hydrogen (secondary N) is 1. The minimum atomic E-state index is -0.732. The SMILES string of the molecule is N#Cc1ccc(NC(=O)c2cccc(OC(N)c3ccc(C#N)cc3)c2)cc1. The van der Waals surface area contributed by atoms with Crippen LogP contribution in [0.25, 0.3) is 0 Å². The van der Waals surface area contributed by atoms with Gasteiger partial charge in [0, 0.05) is 16.8 Å². The predicted octanol–water partition coefficient (Wildman–Crippen LogP) is 3.72. The van der Waals surface area contributed by atoms with Gasteiger partial charge in [0.2, 0.25) is 0 Å². The molecule has 3 aromatic rings. The number of hydrogen-bond acceptors (Lipinski definition) is 5. The van der Waals surface area contributed by atoms with E-state index >= 15 is 0 Å². The zero-order chi connectivity index (χ0) is 19.9. The topological polar surface area (TPSA) is 112 Å². The standard InChI is InChI=1S/C22H16N4O2/c23-13-15-4-8-17(9-5-15)21(25)28-20-3-1-2-18(12-20)22(27)26-19-10-6-16(14-24)7-11-19/h1-12,21H,25H2,(H,26,27). The fourth-order valence-corrected chi connectivity index (χ4v) is 2.50. The van der Waals surface area contributed by atoms with Crippen LogP contribution in [-0.4, -0.2) is 5.91 Å². The molecule has 0 aliphatic rings. The summed E-state index contributed by atoms with van der Waals surface area (Å²) < 4.78 is 5.72. The lowest BCUT2D eigenvalue weighted by Crippen LogP contribution is -2.18. The predicted molar refractivity (Wildman–Crippen MR) is 104 cm³/mol. The van der Waals surface area contributed by atoms with Crippen LogP contribution in [0.2, 0.25) is 0 Å². The molecule has 0 bridgehead atoms. The van der Waals surface area contributed by atoms with E-state index in [1.807, 2.05) is 12.1 Å². The Morgan fingerprint density at radius 2 is 1.54 bits per heavy atom. The number of benzene rings is 3. The number of hydrogen-bond donors (Lipinski definition) is 2. The van der Waals surface area contributed by atoms with Crippen LogP contribution < -0.4 is 15.8 Å². The number of carbonyl (C=O) groups is 1. The lowest BCUT2D eigenvalue weighted by Gasteiger charge is -2.15. The number of ether oxygens (including phenoxy) is 1. The van der Waals surface area contributed by atoms with Crippen molar-refractivity contribution in [3.63, 3.8) is 0 Å². The Morgan fingerprint density at radius 1 is 0.929 bits per heavy atom. The second-order valence-corrected chi connectivity index (χ2v) is 5.94. The van der Waals surface area contributed by atoms with Crippen molar-refractivity contribution in [2.45, 2.75) is 6.23 Å². The van der Waals surface area contributed by atoms with E-state index in [1.54, 1.807) is 72.8 Å². The number of rotatable bonds is 5. The lowest BCUT2D eigenvalue weighted by atomic mass is 10.1. The molecule has 3 N–H and O–H groups in total. The van der Waals surface area contributed by atoms with Crippen LogP contribution in [0, 0.1) is 22.7 Å². The average molecular weight is 368 g/mol. The summed E-state index contributed by atoms with van der Waals surface area (Å²) in [6.45, 7) is 0. The van der Waals surface area contributed by atoms with Crippen molar-refractivity contribution in [3.8, 4) is 17.9 Å². The van der Waals surface area contributed by atoms with Crippen LogP contribution in [-0.2, 0) is 0 Å². The zero-order valence-corrected chi connectivity index (χ0v) is 14.8. The van der Waals surface area contributed by atoms with Gasteiger partial charge in [-0.1, -0.05) is 18.2 Å². The smallest absolute Gasteiger partial charge is 0.255 e. The van der Waals surface area contributed by atoms with Crippen molar-refractivity contribution in [3.05, 3.63) is 95.1 Å². The first-order valence-electron chi connectivity index (χ1n) is 8.43. The minimum Gasteiger partial charge on any atom is -0.471 e. The highest BCUT2D eigenvalue weighted by Gasteiger charge is 2.11. The van der Waals surface area contributed by atoms with E-state index in [0.717, 1.165) is 0 Å². The second kappa shape index (κ2) is 8.50. The largest absolute Gasteiger partial charge is 0.471 e. The minimum absolute atomic E-state index is 0.304. The summed E-state index contributed by atoms with van der Waals surface area (Å²) in [5.41, 5.74) is 8.83. The lowest BCUT2D eigenvalue weighted by molar-refractivity contribution is 0.102. The summed E-state index contributed by atoms with van der Waals surface area (Å²) in [5.74, 6) is 0.145. The van der Waals surface area contributed by atoms with Crippen molar-refractivity contribution in [2.24, 2.45) is 5.73 Å². The molecule has 1 amide bonds. The average Bonchev–Trinajstić information content (AvgIpc) is 2.74. The maximum absolute atomic E-state index is 12.5. The van der Waals surface area contributed by atoms with Crippen LogP contribution in [0.4, 0.5) is 5.69 Å². The maximum Gasteiger partial charge on any atom is 0.255 e. The number of nitrogens with zero attached hydrogens (tertiary/aromatic N) is 2. The van der Waals surface area contributed by atoms with Gasteiger partial charge >= 0.3 is 0 Å². The van der Waals surface area contributed by atoms with Crippen molar-refractivity contribution >= 4 is 11.6 Å². The van der Waals surface area contributed by atoms with Gasteiger partial charge in [0.25, 0.3) is 5.91 Å². The molecule has 1 unspecified atom stereocenters. The van der Waals surface area contributed by atoms with Crippen molar-refractivity contribution in [2.75, 3.05) is 5.32 Å². The van der Waals surface area contributed by atoms with Crippen LogP contribution >= 0.6 is 0 Å². The molecule has 3 aromatic carbocycles. The molecule has 6 heteroatoms. The molecule has 0 aromatic heterocycles. The van der Waals surface area contributed by atoms with Gasteiger partial charge in [-0.15, -0.1) is 0 Å². The first kappa shape index (κ1) is 18.7. The van der Waals surface area contributed by atoms with Gasteiger partial charge in [0.05, 0.1) is 23.3 Å². The number of nitrogens with two attached hydrogens (primary N) is 1. The van der Waals surface area contributed by atoms with E-state index < -0.39 is 6.23 Å². The molecule has 0 aliphatic heterocycles. The van der Waals surface area contributed by atoms with Gasteiger partial charge in [-0.25, -0.2) is 0 Å². The molecule has 0 saturated heterocycles. The first-order valence-corrected chi connectivity index (χ1v) is 8.43. The molecule has 0 heterocycles. The maximum atomic E-state index is 12.5. The van der Waals surface area contributed by atoms with Crippen molar-refractivity contribution in [1.82, 2.24) is 0 Å². The van der Waals surface area contributed by atoms with Crippen LogP contribution in [0.5, 0.6) is 5.75 Å². The van der Waals surface area contributed by atoms with Crippen LogP contribution in [0.3, 0.4) is 0 Å². The highest BCUT2D eigenvalue weighted by Crippen LogP contribution is 2.21. The highest BCUT2D eigenvalue weighted by molar-refractivity contribution is 6.04. The molecule has 0 saturated carbocycles. The summed E-state index contributed by atoms with van der Waals surface area (Å²) in [7, 11) is 0. The van der Waals surface area contributed by atoms with Crippen LogP contribution in [0.1, 0.15) is 33.3 Å². The fourth-order valence-electron chi connectivity index (χ4n) is 2.50. The van der Waals surface area contributed by atoms with Gasteiger partial charge in [-0.3, -0.25) is 10.5 Å². The summed E-state index contributed by atoms with van der Waals surface area (Å²) in [5, 5.41) is 20.4. The van der Waals surface area contributed by atoms with Gasteiger partial charge in [-0.2, -0.15) is 10.5 Å². The van der Waals surface area contributed by atoms with E-state index in [-0.39, 0.29) is 5.91 Å². The molecule has 1 atom stereocenters. The molecule has 3 rings (SSSR count). The summed E-state index contributed by atoms with van der Waals surface area (Å²) in [6.07, 6.45) is -0.732. The molecule has 0 radical (unpaired) electrons. The van der Waals surface area contributed by atoms with E-state index in [0.29, 0.717) is 33.7 Å². The van der Waals surface area contributed by atoms with E-state index in [4.69, 9.17) is 21.0 Å². The normalized spacial score (nSPS) is 11.0. The highest BCUT2D eigenvalue weighted by atomic mass is 16.5. The number of nitriles is 2. The monoisotopic (exact) mass is 368 g/mol. The molecular weight excluding hydrogens is 352 g/mol. The van der Waals surface area contributed by atoms with Gasteiger partial charge in [0.15, 0.2) is 6.23 Å². The Kier molecular flexibility index (Phi) is 5.66. The van der Waals surface area contributed by atoms with Gasteiger partial charge in [-0.05, 0) is 54.6 Å². The van der Waals surface area contributed by atoms with E-state index in [1.165, 1.54) is 0 Å². The van der Waals surface area contributed by atoms with Gasteiger partial charge < -0.3 is 10.1 Å². The van der Waals surface area contributed by atoms with E-state index in [2.05, 4.69) is 5.32 Å². The first-order chi connectivity index (χ1) is 13.6. The quantitative estimate of drug-likeness (QED) is 0.667. The molecule has 136 valence electrons. The Morgan fingerprint density at radius 3 is 2.14 bits per heavy atom.